The number of hydrogen-bond acceptors (Lipinski definition) is 4. The van der Waals surface area contributed by atoms with Gasteiger partial charge in [-0.3, -0.25) is 9.80 Å². The topological polar surface area (TPSA) is 46.9 Å². The number of nitrogens with zero attached hydrogens (tertiary/aromatic N) is 2. The molecule has 0 saturated carbocycles. The Morgan fingerprint density at radius 1 is 1.00 bits per heavy atom. The van der Waals surface area contributed by atoms with E-state index in [-0.39, 0.29) is 12.1 Å². The van der Waals surface area contributed by atoms with Gasteiger partial charge in [-0.15, -0.1) is 0 Å². The Bertz CT molecular complexity index is 500. The van der Waals surface area contributed by atoms with Crippen molar-refractivity contribution in [2.75, 3.05) is 39.3 Å². The Balaban J connectivity index is 1.95. The molecular formula is C16H23F3N2O2. The fraction of sp³-hybridized carbons (Fsp3) is 0.625. The Morgan fingerprint density at radius 2 is 1.52 bits per heavy atom. The maximum absolute atomic E-state index is 13.0. The summed E-state index contributed by atoms with van der Waals surface area (Å²) in [5, 5.41) is 19.6. The van der Waals surface area contributed by atoms with E-state index in [9.17, 15) is 23.4 Å². The lowest BCUT2D eigenvalue weighted by Gasteiger charge is -2.36. The van der Waals surface area contributed by atoms with Gasteiger partial charge in [-0.1, -0.05) is 18.2 Å². The van der Waals surface area contributed by atoms with Crippen molar-refractivity contribution in [1.29, 1.82) is 0 Å². The lowest BCUT2D eigenvalue weighted by atomic mass is 10.0. The van der Waals surface area contributed by atoms with E-state index in [1.54, 1.807) is 6.92 Å². The molecule has 0 amide bonds. The fourth-order valence-corrected chi connectivity index (χ4v) is 2.92. The summed E-state index contributed by atoms with van der Waals surface area (Å²) in [5.74, 6) is 0. The Kier molecular flexibility index (Phi) is 6.02. The Labute approximate surface area is 134 Å². The van der Waals surface area contributed by atoms with Crippen molar-refractivity contribution in [3.05, 3.63) is 35.4 Å². The van der Waals surface area contributed by atoms with E-state index in [1.165, 1.54) is 18.2 Å². The molecule has 0 radical (unpaired) electrons. The van der Waals surface area contributed by atoms with Crippen LogP contribution in [0.2, 0.25) is 0 Å². The van der Waals surface area contributed by atoms with Gasteiger partial charge in [-0.05, 0) is 18.6 Å². The quantitative estimate of drug-likeness (QED) is 0.862. The van der Waals surface area contributed by atoms with Crippen LogP contribution in [-0.4, -0.2) is 65.4 Å². The first-order valence-electron chi connectivity index (χ1n) is 7.74. The van der Waals surface area contributed by atoms with Crippen molar-refractivity contribution >= 4 is 0 Å². The van der Waals surface area contributed by atoms with Gasteiger partial charge in [0.2, 0.25) is 0 Å². The van der Waals surface area contributed by atoms with E-state index < -0.39 is 23.9 Å². The fourth-order valence-electron chi connectivity index (χ4n) is 2.92. The van der Waals surface area contributed by atoms with Gasteiger partial charge in [0.1, 0.15) is 0 Å². The zero-order valence-corrected chi connectivity index (χ0v) is 13.1. The molecule has 0 spiro atoms. The van der Waals surface area contributed by atoms with Gasteiger partial charge in [-0.25, -0.2) is 0 Å². The second kappa shape index (κ2) is 7.61. The number of halogens is 3. The van der Waals surface area contributed by atoms with Gasteiger partial charge >= 0.3 is 6.18 Å². The molecule has 1 heterocycles. The van der Waals surface area contributed by atoms with Crippen molar-refractivity contribution in [1.82, 2.24) is 9.80 Å². The summed E-state index contributed by atoms with van der Waals surface area (Å²) in [4.78, 5) is 4.06. The number of benzene rings is 1. The molecule has 1 aromatic carbocycles. The highest BCUT2D eigenvalue weighted by molar-refractivity contribution is 5.31. The average Bonchev–Trinajstić information content (AvgIpc) is 2.48. The van der Waals surface area contributed by atoms with Gasteiger partial charge < -0.3 is 10.2 Å². The van der Waals surface area contributed by atoms with Crippen molar-refractivity contribution in [3.63, 3.8) is 0 Å². The van der Waals surface area contributed by atoms with Crippen LogP contribution in [0.3, 0.4) is 0 Å². The van der Waals surface area contributed by atoms with E-state index in [2.05, 4.69) is 4.90 Å². The average molecular weight is 332 g/mol. The van der Waals surface area contributed by atoms with Gasteiger partial charge in [0.05, 0.1) is 17.8 Å². The summed E-state index contributed by atoms with van der Waals surface area (Å²) in [7, 11) is 0. The van der Waals surface area contributed by atoms with E-state index in [4.69, 9.17) is 0 Å². The minimum atomic E-state index is -4.46. The van der Waals surface area contributed by atoms with E-state index in [0.29, 0.717) is 19.6 Å². The molecule has 1 fully saturated rings. The monoisotopic (exact) mass is 332 g/mol. The van der Waals surface area contributed by atoms with E-state index in [0.717, 1.165) is 19.2 Å². The highest BCUT2D eigenvalue weighted by Gasteiger charge is 2.35. The highest BCUT2D eigenvalue weighted by Crippen LogP contribution is 2.34. The molecule has 1 aliphatic heterocycles. The normalized spacial score (nSPS) is 20.4. The molecule has 4 nitrogen and oxygen atoms in total. The van der Waals surface area contributed by atoms with Crippen LogP contribution in [-0.2, 0) is 6.18 Å². The molecule has 2 atom stereocenters. The minimum absolute atomic E-state index is 0.0774. The van der Waals surface area contributed by atoms with Gasteiger partial charge in [0.15, 0.2) is 0 Å². The molecule has 2 rings (SSSR count). The standard InChI is InChI=1S/C16H23F3N2O2/c1-12(22)10-20-6-8-21(9-7-20)11-15(23)13-4-2-3-5-14(13)16(17,18)19/h2-5,12,15,22-23H,6-11H2,1H3. The van der Waals surface area contributed by atoms with Crippen molar-refractivity contribution in [2.45, 2.75) is 25.3 Å². The molecule has 23 heavy (non-hydrogen) atoms. The molecule has 1 aromatic rings. The molecule has 0 bridgehead atoms. The van der Waals surface area contributed by atoms with Crippen LogP contribution in [0.5, 0.6) is 0 Å². The predicted octanol–water partition coefficient (Wildman–Crippen LogP) is 1.74. The zero-order valence-electron chi connectivity index (χ0n) is 13.1. The lowest BCUT2D eigenvalue weighted by molar-refractivity contribution is -0.139. The number of hydrogen-bond donors (Lipinski definition) is 2. The Morgan fingerprint density at radius 3 is 2.04 bits per heavy atom. The van der Waals surface area contributed by atoms with Gasteiger partial charge in [0, 0.05) is 39.3 Å². The van der Waals surface area contributed by atoms with Crippen molar-refractivity contribution in [3.8, 4) is 0 Å². The number of aliphatic hydroxyl groups excluding tert-OH is 2. The van der Waals surface area contributed by atoms with Crippen molar-refractivity contribution < 1.29 is 23.4 Å². The number of alkyl halides is 3. The third-order valence-electron chi connectivity index (χ3n) is 4.04. The van der Waals surface area contributed by atoms with Crippen LogP contribution in [0.25, 0.3) is 0 Å². The van der Waals surface area contributed by atoms with Crippen LogP contribution in [0.15, 0.2) is 24.3 Å². The molecular weight excluding hydrogens is 309 g/mol. The molecule has 0 aliphatic carbocycles. The molecule has 130 valence electrons. The highest BCUT2D eigenvalue weighted by atomic mass is 19.4. The maximum atomic E-state index is 13.0. The second-order valence-electron chi connectivity index (χ2n) is 6.05. The van der Waals surface area contributed by atoms with Gasteiger partial charge in [0.25, 0.3) is 0 Å². The van der Waals surface area contributed by atoms with Gasteiger partial charge in [-0.2, -0.15) is 13.2 Å². The Hall–Kier alpha value is -1.15. The molecule has 1 saturated heterocycles. The number of piperazine rings is 1. The van der Waals surface area contributed by atoms with Crippen molar-refractivity contribution in [2.24, 2.45) is 0 Å². The van der Waals surface area contributed by atoms with Crippen LogP contribution in [0.4, 0.5) is 13.2 Å². The minimum Gasteiger partial charge on any atom is -0.392 e. The summed E-state index contributed by atoms with van der Waals surface area (Å²) in [6, 6.07) is 5.17. The largest absolute Gasteiger partial charge is 0.416 e. The molecule has 2 N–H and O–H groups in total. The predicted molar refractivity (Wildman–Crippen MR) is 81.0 cm³/mol. The molecule has 1 aliphatic rings. The molecule has 0 aromatic heterocycles. The summed E-state index contributed by atoms with van der Waals surface area (Å²) in [6.07, 6.45) is -6.03. The summed E-state index contributed by atoms with van der Waals surface area (Å²) in [5.41, 5.74) is -0.855. The first-order valence-corrected chi connectivity index (χ1v) is 7.74. The SMILES string of the molecule is CC(O)CN1CCN(CC(O)c2ccccc2C(F)(F)F)CC1. The molecule has 2 unspecified atom stereocenters. The second-order valence-corrected chi connectivity index (χ2v) is 6.05. The zero-order chi connectivity index (χ0) is 17.0. The third-order valence-corrected chi connectivity index (χ3v) is 4.04. The summed E-state index contributed by atoms with van der Waals surface area (Å²) < 4.78 is 39.0. The summed E-state index contributed by atoms with van der Waals surface area (Å²) >= 11 is 0. The third kappa shape index (κ3) is 5.17. The summed E-state index contributed by atoms with van der Waals surface area (Å²) in [6.45, 7) is 5.29. The van der Waals surface area contributed by atoms with E-state index in [1.807, 2.05) is 4.90 Å². The van der Waals surface area contributed by atoms with Crippen LogP contribution in [0.1, 0.15) is 24.2 Å². The smallest absolute Gasteiger partial charge is 0.392 e. The van der Waals surface area contributed by atoms with Crippen LogP contribution in [0, 0.1) is 0 Å². The van der Waals surface area contributed by atoms with E-state index >= 15 is 0 Å². The molecule has 7 heteroatoms. The first kappa shape index (κ1) is 18.2. The number of rotatable bonds is 5. The lowest BCUT2D eigenvalue weighted by Crippen LogP contribution is -2.49. The maximum Gasteiger partial charge on any atom is 0.416 e. The van der Waals surface area contributed by atoms with Crippen LogP contribution < -0.4 is 0 Å². The number of aliphatic hydroxyl groups is 2. The number of β-amino-alcohol motifs (C(OH)–C–C–N with tert-alkyl or cyclic N) is 2. The van der Waals surface area contributed by atoms with Crippen LogP contribution >= 0.6 is 0 Å². The first-order chi connectivity index (χ1) is 10.8.